The van der Waals surface area contributed by atoms with Gasteiger partial charge in [-0.25, -0.2) is 0 Å². The number of β-lactam (4-membered cyclic amide) rings is 1. The second-order valence-corrected chi connectivity index (χ2v) is 8.03. The molecule has 7 heteroatoms. The molecule has 2 fully saturated rings. The summed E-state index contributed by atoms with van der Waals surface area (Å²) < 4.78 is 10.9. The number of aromatic nitrogens is 1. The molecule has 0 unspecified atom stereocenters. The molecule has 4 rings (SSSR count). The van der Waals surface area contributed by atoms with Gasteiger partial charge in [0.15, 0.2) is 6.10 Å². The summed E-state index contributed by atoms with van der Waals surface area (Å²) in [4.78, 5) is 21.5. The second-order valence-electron chi connectivity index (χ2n) is 8.03. The number of carbonyl (C=O) groups excluding carboxylic acids is 1. The predicted octanol–water partition coefficient (Wildman–Crippen LogP) is 2.53. The van der Waals surface area contributed by atoms with Gasteiger partial charge >= 0.3 is 0 Å². The maximum Gasteiger partial charge on any atom is 0.255 e. The van der Waals surface area contributed by atoms with E-state index in [1.54, 1.807) is 19.5 Å². The summed E-state index contributed by atoms with van der Waals surface area (Å²) in [5, 5.41) is 9.33. The van der Waals surface area contributed by atoms with E-state index >= 15 is 0 Å². The number of piperidine rings is 1. The summed E-state index contributed by atoms with van der Waals surface area (Å²) in [6.45, 7) is 3.42. The average molecular weight is 421 g/mol. The summed E-state index contributed by atoms with van der Waals surface area (Å²) in [6, 6.07) is 14.1. The molecule has 7 nitrogen and oxygen atoms in total. The molecule has 3 heterocycles. The Hall–Kier alpha value is -2.79. The number of hydrogen-bond donors (Lipinski definition) is 0. The van der Waals surface area contributed by atoms with Gasteiger partial charge in [0, 0.05) is 45.2 Å². The molecule has 0 radical (unpaired) electrons. The SMILES string of the molecule is COCCO[C@H]1C(=O)N(C2CCN(Cc3ccccc3C#N)CC2)[C@H]1c1ccncc1. The van der Waals surface area contributed by atoms with Gasteiger partial charge in [-0.05, 0) is 42.2 Å². The van der Waals surface area contributed by atoms with Crippen LogP contribution in [0.5, 0.6) is 0 Å². The molecule has 0 aliphatic carbocycles. The molecule has 2 saturated heterocycles. The number of likely N-dealkylation sites (tertiary alicyclic amines) is 2. The standard InChI is InChI=1S/C24H28N4O3/c1-30-14-15-31-23-22(18-6-10-26-11-7-18)28(24(23)29)21-8-12-27(13-9-21)17-20-5-3-2-4-19(20)16-25/h2-7,10-11,21-23H,8-9,12-15,17H2,1H3/t22-,23+/m0/s1. The first kappa shape index (κ1) is 21.4. The molecule has 1 aromatic heterocycles. The minimum absolute atomic E-state index is 0.0613. The molecule has 2 aliphatic heterocycles. The van der Waals surface area contributed by atoms with Gasteiger partial charge in [0.2, 0.25) is 0 Å². The van der Waals surface area contributed by atoms with Crippen LogP contribution >= 0.6 is 0 Å². The fourth-order valence-electron chi connectivity index (χ4n) is 4.57. The molecule has 0 spiro atoms. The molecule has 1 amide bonds. The number of ether oxygens (including phenoxy) is 2. The van der Waals surface area contributed by atoms with Gasteiger partial charge < -0.3 is 14.4 Å². The number of methoxy groups -OCH3 is 1. The van der Waals surface area contributed by atoms with Crippen molar-refractivity contribution >= 4 is 5.91 Å². The number of amides is 1. The number of pyridine rings is 1. The molecular weight excluding hydrogens is 392 g/mol. The summed E-state index contributed by atoms with van der Waals surface area (Å²) in [5.74, 6) is 0.0613. The Morgan fingerprint density at radius 2 is 1.87 bits per heavy atom. The number of rotatable bonds is 8. The number of benzene rings is 1. The number of hydrogen-bond acceptors (Lipinski definition) is 6. The number of nitriles is 1. The van der Waals surface area contributed by atoms with E-state index in [1.807, 2.05) is 41.3 Å². The van der Waals surface area contributed by atoms with Crippen LogP contribution in [0.4, 0.5) is 0 Å². The molecule has 1 aromatic carbocycles. The third kappa shape index (κ3) is 4.62. The van der Waals surface area contributed by atoms with Crippen LogP contribution in [0.25, 0.3) is 0 Å². The third-order valence-electron chi connectivity index (χ3n) is 6.20. The summed E-state index contributed by atoms with van der Waals surface area (Å²) >= 11 is 0. The molecule has 0 bridgehead atoms. The van der Waals surface area contributed by atoms with Gasteiger partial charge in [-0.1, -0.05) is 18.2 Å². The number of nitrogens with zero attached hydrogens (tertiary/aromatic N) is 4. The quantitative estimate of drug-likeness (QED) is 0.482. The van der Waals surface area contributed by atoms with Crippen LogP contribution in [-0.2, 0) is 20.8 Å². The van der Waals surface area contributed by atoms with Gasteiger partial charge in [0.25, 0.3) is 5.91 Å². The Bertz CT molecular complexity index is 922. The zero-order valence-corrected chi connectivity index (χ0v) is 17.8. The van der Waals surface area contributed by atoms with Gasteiger partial charge in [0.1, 0.15) is 0 Å². The van der Waals surface area contributed by atoms with Crippen LogP contribution in [0.2, 0.25) is 0 Å². The van der Waals surface area contributed by atoms with Gasteiger partial charge in [0.05, 0.1) is 30.9 Å². The van der Waals surface area contributed by atoms with Crippen LogP contribution in [0.15, 0.2) is 48.8 Å². The highest BCUT2D eigenvalue weighted by Crippen LogP contribution is 2.40. The molecule has 2 aliphatic rings. The van der Waals surface area contributed by atoms with E-state index < -0.39 is 6.10 Å². The van der Waals surface area contributed by atoms with E-state index in [0.717, 1.165) is 49.2 Å². The average Bonchev–Trinajstić information content (AvgIpc) is 2.82. The highest BCUT2D eigenvalue weighted by atomic mass is 16.5. The maximum absolute atomic E-state index is 13.0. The van der Waals surface area contributed by atoms with E-state index in [4.69, 9.17) is 9.47 Å². The van der Waals surface area contributed by atoms with Crippen molar-refractivity contribution in [1.82, 2.24) is 14.8 Å². The van der Waals surface area contributed by atoms with Crippen LogP contribution in [0, 0.1) is 11.3 Å². The maximum atomic E-state index is 13.0. The van der Waals surface area contributed by atoms with Crippen LogP contribution in [-0.4, -0.2) is 66.2 Å². The fraction of sp³-hybridized carbons (Fsp3) is 0.458. The highest BCUT2D eigenvalue weighted by molar-refractivity contribution is 5.89. The first-order valence-electron chi connectivity index (χ1n) is 10.8. The molecule has 162 valence electrons. The monoisotopic (exact) mass is 420 g/mol. The molecule has 2 atom stereocenters. The molecular formula is C24H28N4O3. The topological polar surface area (TPSA) is 78.7 Å². The number of carbonyl (C=O) groups is 1. The summed E-state index contributed by atoms with van der Waals surface area (Å²) in [7, 11) is 1.63. The Morgan fingerprint density at radius 3 is 2.58 bits per heavy atom. The predicted molar refractivity (Wildman–Crippen MR) is 115 cm³/mol. The first-order valence-corrected chi connectivity index (χ1v) is 10.8. The lowest BCUT2D eigenvalue weighted by Crippen LogP contribution is -2.64. The minimum atomic E-state index is -0.460. The van der Waals surface area contributed by atoms with Crippen LogP contribution in [0.3, 0.4) is 0 Å². The Kier molecular flexibility index (Phi) is 6.92. The largest absolute Gasteiger partial charge is 0.382 e. The minimum Gasteiger partial charge on any atom is -0.382 e. The van der Waals surface area contributed by atoms with Crippen LogP contribution < -0.4 is 0 Å². The van der Waals surface area contributed by atoms with E-state index in [1.165, 1.54) is 0 Å². The Labute approximate surface area is 183 Å². The van der Waals surface area contributed by atoms with Crippen molar-refractivity contribution in [2.24, 2.45) is 0 Å². The van der Waals surface area contributed by atoms with Gasteiger partial charge in [-0.3, -0.25) is 14.7 Å². The van der Waals surface area contributed by atoms with Crippen molar-refractivity contribution in [2.75, 3.05) is 33.4 Å². The van der Waals surface area contributed by atoms with Gasteiger partial charge in [-0.15, -0.1) is 0 Å². The molecule has 31 heavy (non-hydrogen) atoms. The zero-order chi connectivity index (χ0) is 21.6. The van der Waals surface area contributed by atoms with Crippen molar-refractivity contribution < 1.29 is 14.3 Å². The van der Waals surface area contributed by atoms with Gasteiger partial charge in [-0.2, -0.15) is 5.26 Å². The molecule has 2 aromatic rings. The van der Waals surface area contributed by atoms with E-state index in [9.17, 15) is 10.1 Å². The lowest BCUT2D eigenvalue weighted by Gasteiger charge is -2.52. The van der Waals surface area contributed by atoms with Crippen molar-refractivity contribution in [2.45, 2.75) is 37.6 Å². The van der Waals surface area contributed by atoms with Crippen molar-refractivity contribution in [3.8, 4) is 6.07 Å². The molecule has 0 saturated carbocycles. The second kappa shape index (κ2) is 10.0. The van der Waals surface area contributed by atoms with Crippen molar-refractivity contribution in [1.29, 1.82) is 5.26 Å². The lowest BCUT2D eigenvalue weighted by molar-refractivity contribution is -0.184. The van der Waals surface area contributed by atoms with E-state index in [0.29, 0.717) is 13.2 Å². The van der Waals surface area contributed by atoms with Crippen molar-refractivity contribution in [3.05, 3.63) is 65.5 Å². The first-order chi connectivity index (χ1) is 15.2. The summed E-state index contributed by atoms with van der Waals surface area (Å²) in [5.41, 5.74) is 2.85. The normalized spacial score (nSPS) is 22.2. The third-order valence-corrected chi connectivity index (χ3v) is 6.20. The zero-order valence-electron chi connectivity index (χ0n) is 17.8. The highest BCUT2D eigenvalue weighted by Gasteiger charge is 2.52. The Morgan fingerprint density at radius 1 is 1.13 bits per heavy atom. The fourth-order valence-corrected chi connectivity index (χ4v) is 4.57. The summed E-state index contributed by atoms with van der Waals surface area (Å²) in [6.07, 6.45) is 4.88. The Balaban J connectivity index is 1.41. The molecule has 0 N–H and O–H groups in total. The lowest BCUT2D eigenvalue weighted by atomic mass is 9.86. The van der Waals surface area contributed by atoms with Crippen molar-refractivity contribution in [3.63, 3.8) is 0 Å². The smallest absolute Gasteiger partial charge is 0.255 e. The van der Waals surface area contributed by atoms with E-state index in [-0.39, 0.29) is 18.0 Å². The van der Waals surface area contributed by atoms with E-state index in [2.05, 4.69) is 16.0 Å². The van der Waals surface area contributed by atoms with Crippen LogP contribution in [0.1, 0.15) is 35.6 Å².